The fourth-order valence-electron chi connectivity index (χ4n) is 5.23. The first-order valence-electron chi connectivity index (χ1n) is 12.8. The van der Waals surface area contributed by atoms with Gasteiger partial charge >= 0.3 is 0 Å². The Kier molecular flexibility index (Phi) is 7.38. The van der Waals surface area contributed by atoms with E-state index in [-0.39, 0.29) is 16.5 Å². The van der Waals surface area contributed by atoms with E-state index in [0.717, 1.165) is 16.6 Å². The second kappa shape index (κ2) is 10.7. The van der Waals surface area contributed by atoms with Crippen LogP contribution < -0.4 is 4.72 Å². The molecule has 2 atom stereocenters. The second-order valence-corrected chi connectivity index (χ2v) is 11.5. The first-order valence-corrected chi connectivity index (χ1v) is 14.2. The van der Waals surface area contributed by atoms with E-state index in [1.165, 1.54) is 24.3 Å². The van der Waals surface area contributed by atoms with Gasteiger partial charge in [0.25, 0.3) is 10.0 Å². The van der Waals surface area contributed by atoms with E-state index in [9.17, 15) is 17.2 Å². The predicted octanol–water partition coefficient (Wildman–Crippen LogP) is 6.05. The summed E-state index contributed by atoms with van der Waals surface area (Å²) in [5.74, 6) is -1.07. The molecule has 0 bridgehead atoms. The third-order valence-corrected chi connectivity index (χ3v) is 8.74. The highest BCUT2D eigenvalue weighted by Crippen LogP contribution is 2.31. The molecule has 1 aliphatic rings. The Labute approximate surface area is 227 Å². The third-order valence-electron chi connectivity index (χ3n) is 7.33. The molecule has 2 heterocycles. The number of piperazine rings is 1. The first-order chi connectivity index (χ1) is 18.7. The molecule has 0 amide bonds. The molecule has 0 aliphatic carbocycles. The standard InChI is InChI=1S/C30H30F2N4O2S/c1-20-19-35(22(3)29-26(31)9-5-10-27(29)32)17-18-36(20)21(2)23-12-14-25(15-13-23)34-39(37,38)28-11-4-7-24-8-6-16-33-30(24)28/h4-16,20,22,34H,2,17-19H2,1,3H3/t20-,22?/m1/s1. The number of nitrogens with zero attached hydrogens (tertiary/aromatic N) is 3. The fourth-order valence-corrected chi connectivity index (χ4v) is 6.47. The Hall–Kier alpha value is -3.82. The van der Waals surface area contributed by atoms with Crippen molar-refractivity contribution in [3.05, 3.63) is 108 Å². The van der Waals surface area contributed by atoms with E-state index in [4.69, 9.17) is 0 Å². The molecule has 3 aromatic carbocycles. The largest absolute Gasteiger partial charge is 0.366 e. The van der Waals surface area contributed by atoms with E-state index in [2.05, 4.69) is 33.0 Å². The number of aromatic nitrogens is 1. The van der Waals surface area contributed by atoms with Gasteiger partial charge in [0.1, 0.15) is 16.5 Å². The lowest BCUT2D eigenvalue weighted by Crippen LogP contribution is -2.51. The van der Waals surface area contributed by atoms with Crippen molar-refractivity contribution in [1.82, 2.24) is 14.8 Å². The SMILES string of the molecule is C=C(c1ccc(NS(=O)(=O)c2cccc3cccnc23)cc1)N1CCN(C(C)c2c(F)cccc2F)C[C@H]1C. The Bertz CT molecular complexity index is 1600. The first kappa shape index (κ1) is 26.8. The molecule has 0 spiro atoms. The number of hydrogen-bond donors (Lipinski definition) is 1. The summed E-state index contributed by atoms with van der Waals surface area (Å²) in [7, 11) is -3.85. The molecule has 9 heteroatoms. The van der Waals surface area contributed by atoms with Gasteiger partial charge in [-0.1, -0.05) is 43.0 Å². The topological polar surface area (TPSA) is 65.5 Å². The van der Waals surface area contributed by atoms with Crippen LogP contribution in [0.3, 0.4) is 0 Å². The van der Waals surface area contributed by atoms with Crippen LogP contribution in [0.15, 0.2) is 90.5 Å². The van der Waals surface area contributed by atoms with Crippen molar-refractivity contribution < 1.29 is 17.2 Å². The van der Waals surface area contributed by atoms with Crippen LogP contribution in [0.4, 0.5) is 14.5 Å². The van der Waals surface area contributed by atoms with Crippen LogP contribution in [-0.2, 0) is 10.0 Å². The molecular formula is C30H30F2N4O2S. The number of nitrogens with one attached hydrogen (secondary N) is 1. The Balaban J connectivity index is 1.26. The number of anilines is 1. The van der Waals surface area contributed by atoms with Crippen LogP contribution in [0.1, 0.15) is 31.0 Å². The highest BCUT2D eigenvalue weighted by Gasteiger charge is 2.30. The molecule has 202 valence electrons. The molecule has 1 saturated heterocycles. The molecule has 6 nitrogen and oxygen atoms in total. The minimum absolute atomic E-state index is 0.0561. The fraction of sp³-hybridized carbons (Fsp3) is 0.233. The zero-order chi connectivity index (χ0) is 27.7. The monoisotopic (exact) mass is 548 g/mol. The van der Waals surface area contributed by atoms with Crippen molar-refractivity contribution >= 4 is 32.3 Å². The molecule has 1 unspecified atom stereocenters. The van der Waals surface area contributed by atoms with E-state index >= 15 is 0 Å². The van der Waals surface area contributed by atoms with Gasteiger partial charge < -0.3 is 4.90 Å². The van der Waals surface area contributed by atoms with E-state index < -0.39 is 27.7 Å². The summed E-state index contributed by atoms with van der Waals surface area (Å²) in [6, 6.07) is 19.3. The maximum Gasteiger partial charge on any atom is 0.264 e. The third kappa shape index (κ3) is 5.37. The summed E-state index contributed by atoms with van der Waals surface area (Å²) in [6.07, 6.45) is 1.57. The molecule has 0 saturated carbocycles. The van der Waals surface area contributed by atoms with E-state index in [1.807, 2.05) is 31.2 Å². The van der Waals surface area contributed by atoms with Gasteiger partial charge in [-0.05, 0) is 55.8 Å². The van der Waals surface area contributed by atoms with Crippen LogP contribution in [0, 0.1) is 11.6 Å². The molecular weight excluding hydrogens is 518 g/mol. The van der Waals surface area contributed by atoms with Crippen molar-refractivity contribution in [3.63, 3.8) is 0 Å². The molecule has 5 rings (SSSR count). The van der Waals surface area contributed by atoms with Crippen molar-refractivity contribution in [2.45, 2.75) is 30.8 Å². The van der Waals surface area contributed by atoms with E-state index in [1.54, 1.807) is 30.5 Å². The quantitative estimate of drug-likeness (QED) is 0.305. The molecule has 1 aromatic heterocycles. The number of para-hydroxylation sites is 1. The van der Waals surface area contributed by atoms with Gasteiger partial charge in [0, 0.05) is 60.2 Å². The Morgan fingerprint density at radius 1 is 1.00 bits per heavy atom. The number of rotatable bonds is 7. The molecule has 0 radical (unpaired) electrons. The second-order valence-electron chi connectivity index (χ2n) is 9.81. The van der Waals surface area contributed by atoms with Crippen LogP contribution in [-0.4, -0.2) is 48.9 Å². The van der Waals surface area contributed by atoms with Gasteiger partial charge in [0.2, 0.25) is 0 Å². The highest BCUT2D eigenvalue weighted by atomic mass is 32.2. The maximum absolute atomic E-state index is 14.3. The number of pyridine rings is 1. The van der Waals surface area contributed by atoms with Crippen molar-refractivity contribution in [1.29, 1.82) is 0 Å². The lowest BCUT2D eigenvalue weighted by molar-refractivity contribution is 0.0938. The zero-order valence-electron chi connectivity index (χ0n) is 21.8. The minimum atomic E-state index is -3.85. The van der Waals surface area contributed by atoms with Crippen molar-refractivity contribution in [2.24, 2.45) is 0 Å². The number of benzene rings is 3. The summed E-state index contributed by atoms with van der Waals surface area (Å²) < 4.78 is 57.6. The summed E-state index contributed by atoms with van der Waals surface area (Å²) in [4.78, 5) is 8.61. The number of sulfonamides is 1. The number of fused-ring (bicyclic) bond motifs is 1. The molecule has 4 aromatic rings. The van der Waals surface area contributed by atoms with E-state index in [0.29, 0.717) is 30.8 Å². The zero-order valence-corrected chi connectivity index (χ0v) is 22.6. The molecule has 1 aliphatic heterocycles. The van der Waals surface area contributed by atoms with Gasteiger partial charge in [0.15, 0.2) is 0 Å². The summed E-state index contributed by atoms with van der Waals surface area (Å²) in [6.45, 7) is 10.0. The van der Waals surface area contributed by atoms with Crippen molar-refractivity contribution in [3.8, 4) is 0 Å². The maximum atomic E-state index is 14.3. The van der Waals surface area contributed by atoms with Crippen LogP contribution in [0.5, 0.6) is 0 Å². The minimum Gasteiger partial charge on any atom is -0.366 e. The summed E-state index contributed by atoms with van der Waals surface area (Å²) in [5, 5.41) is 0.745. The normalized spacial score (nSPS) is 17.2. The predicted molar refractivity (Wildman–Crippen MR) is 151 cm³/mol. The average Bonchev–Trinajstić information content (AvgIpc) is 2.92. The Morgan fingerprint density at radius 3 is 2.36 bits per heavy atom. The summed E-state index contributed by atoms with van der Waals surface area (Å²) in [5.41, 5.74) is 2.60. The van der Waals surface area contributed by atoms with Crippen LogP contribution in [0.2, 0.25) is 0 Å². The average molecular weight is 549 g/mol. The van der Waals surface area contributed by atoms with Gasteiger partial charge in [-0.25, -0.2) is 17.2 Å². The van der Waals surface area contributed by atoms with Gasteiger partial charge in [-0.2, -0.15) is 0 Å². The molecule has 39 heavy (non-hydrogen) atoms. The van der Waals surface area contributed by atoms with Gasteiger partial charge in [-0.3, -0.25) is 14.6 Å². The summed E-state index contributed by atoms with van der Waals surface area (Å²) >= 11 is 0. The number of hydrogen-bond acceptors (Lipinski definition) is 5. The highest BCUT2D eigenvalue weighted by molar-refractivity contribution is 7.93. The lowest BCUT2D eigenvalue weighted by atomic mass is 10.0. The number of halogens is 2. The van der Waals surface area contributed by atoms with Gasteiger partial charge in [0.05, 0.1) is 5.52 Å². The van der Waals surface area contributed by atoms with Crippen LogP contribution in [0.25, 0.3) is 16.6 Å². The molecule has 1 N–H and O–H groups in total. The van der Waals surface area contributed by atoms with Gasteiger partial charge in [-0.15, -0.1) is 0 Å². The van der Waals surface area contributed by atoms with Crippen molar-refractivity contribution in [2.75, 3.05) is 24.4 Å². The Morgan fingerprint density at radius 2 is 1.67 bits per heavy atom. The van der Waals surface area contributed by atoms with Crippen LogP contribution >= 0.6 is 0 Å². The smallest absolute Gasteiger partial charge is 0.264 e. The molecule has 1 fully saturated rings. The lowest BCUT2D eigenvalue weighted by Gasteiger charge is -2.44.